The second-order valence-corrected chi connectivity index (χ2v) is 6.51. The molecule has 0 aromatic rings. The van der Waals surface area contributed by atoms with Crippen LogP contribution in [0.5, 0.6) is 0 Å². The van der Waals surface area contributed by atoms with Gasteiger partial charge < -0.3 is 20.6 Å². The van der Waals surface area contributed by atoms with Crippen LogP contribution in [0.15, 0.2) is 0 Å². The molecule has 0 atom stereocenters. The van der Waals surface area contributed by atoms with E-state index in [-0.39, 0.29) is 12.0 Å². The number of nitrogens with zero attached hydrogens (tertiary/aromatic N) is 1. The summed E-state index contributed by atoms with van der Waals surface area (Å²) >= 11 is 0. The van der Waals surface area contributed by atoms with Crippen LogP contribution in [0.1, 0.15) is 44.9 Å². The van der Waals surface area contributed by atoms with E-state index < -0.39 is 5.97 Å². The number of hydrogen-bond donors (Lipinski definition) is 3. The van der Waals surface area contributed by atoms with Gasteiger partial charge in [0, 0.05) is 19.1 Å². The number of carboxylic acid groups (broad SMARTS) is 1. The molecule has 0 radical (unpaired) electrons. The maximum absolute atomic E-state index is 10.9. The summed E-state index contributed by atoms with van der Waals surface area (Å²) in [5, 5.41) is 15.6. The van der Waals surface area contributed by atoms with Gasteiger partial charge in [-0.3, -0.25) is 4.79 Å². The van der Waals surface area contributed by atoms with Gasteiger partial charge >= 0.3 is 5.97 Å². The Morgan fingerprint density at radius 2 is 2.05 bits per heavy atom. The third kappa shape index (κ3) is 4.43. The molecule has 0 bridgehead atoms. The van der Waals surface area contributed by atoms with Gasteiger partial charge in [-0.2, -0.15) is 0 Å². The van der Waals surface area contributed by atoms with Gasteiger partial charge in [-0.25, -0.2) is 0 Å². The molecule has 1 saturated heterocycles. The molecule has 5 nitrogen and oxygen atoms in total. The minimum Gasteiger partial charge on any atom is -0.481 e. The first-order valence-corrected chi connectivity index (χ1v) is 7.99. The lowest BCUT2D eigenvalue weighted by Gasteiger charge is -2.42. The Bertz CT molecular complexity index is 312. The SMILES string of the molecule is CN(CCCNC1(CC(=O)O)CNC1)C1CCCCC1. The summed E-state index contributed by atoms with van der Waals surface area (Å²) in [6.07, 6.45) is 8.15. The number of hydrogen-bond acceptors (Lipinski definition) is 4. The lowest BCUT2D eigenvalue weighted by Crippen LogP contribution is -2.68. The summed E-state index contributed by atoms with van der Waals surface area (Å²) in [6.45, 7) is 3.57. The highest BCUT2D eigenvalue weighted by Gasteiger charge is 2.38. The first-order chi connectivity index (χ1) is 9.61. The van der Waals surface area contributed by atoms with Crippen LogP contribution in [0.25, 0.3) is 0 Å². The monoisotopic (exact) mass is 283 g/mol. The zero-order valence-corrected chi connectivity index (χ0v) is 12.7. The van der Waals surface area contributed by atoms with Crippen molar-refractivity contribution >= 4 is 5.97 Å². The van der Waals surface area contributed by atoms with E-state index in [1.165, 1.54) is 32.1 Å². The predicted octanol–water partition coefficient (Wildman–Crippen LogP) is 1.05. The van der Waals surface area contributed by atoms with Crippen LogP contribution in [0.4, 0.5) is 0 Å². The first kappa shape index (κ1) is 15.7. The maximum atomic E-state index is 10.9. The van der Waals surface area contributed by atoms with Crippen molar-refractivity contribution in [3.8, 4) is 0 Å². The Kier molecular flexibility index (Phi) is 5.81. The van der Waals surface area contributed by atoms with Gasteiger partial charge in [-0.1, -0.05) is 19.3 Å². The Morgan fingerprint density at radius 3 is 2.60 bits per heavy atom. The molecule has 1 heterocycles. The molecule has 2 rings (SSSR count). The number of carbonyl (C=O) groups is 1. The van der Waals surface area contributed by atoms with Crippen molar-refractivity contribution in [2.45, 2.75) is 56.5 Å². The predicted molar refractivity (Wildman–Crippen MR) is 80.0 cm³/mol. The highest BCUT2D eigenvalue weighted by Crippen LogP contribution is 2.21. The molecule has 0 unspecified atom stereocenters. The van der Waals surface area contributed by atoms with Crippen molar-refractivity contribution in [2.24, 2.45) is 0 Å². The lowest BCUT2D eigenvalue weighted by molar-refractivity contribution is -0.139. The average molecular weight is 283 g/mol. The topological polar surface area (TPSA) is 64.6 Å². The molecule has 1 aliphatic heterocycles. The van der Waals surface area contributed by atoms with Crippen LogP contribution in [-0.2, 0) is 4.79 Å². The number of rotatable bonds is 8. The van der Waals surface area contributed by atoms with E-state index in [2.05, 4.69) is 22.6 Å². The van der Waals surface area contributed by atoms with Gasteiger partial charge in [0.05, 0.1) is 12.0 Å². The highest BCUT2D eigenvalue weighted by molar-refractivity contribution is 5.68. The normalized spacial score (nSPS) is 22.7. The molecule has 0 aromatic heterocycles. The van der Waals surface area contributed by atoms with Crippen molar-refractivity contribution < 1.29 is 9.90 Å². The minimum absolute atomic E-state index is 0.199. The van der Waals surface area contributed by atoms with Crippen LogP contribution in [0.3, 0.4) is 0 Å². The molecule has 2 aliphatic rings. The van der Waals surface area contributed by atoms with E-state index in [4.69, 9.17) is 5.11 Å². The van der Waals surface area contributed by atoms with Crippen LogP contribution in [0, 0.1) is 0 Å². The van der Waals surface area contributed by atoms with Gasteiger partial charge in [-0.05, 0) is 39.4 Å². The molecule has 3 N–H and O–H groups in total. The molecule has 116 valence electrons. The molecule has 5 heteroatoms. The quantitative estimate of drug-likeness (QED) is 0.581. The largest absolute Gasteiger partial charge is 0.481 e. The first-order valence-electron chi connectivity index (χ1n) is 7.99. The minimum atomic E-state index is -0.710. The van der Waals surface area contributed by atoms with E-state index in [1.54, 1.807) is 0 Å². The van der Waals surface area contributed by atoms with Crippen molar-refractivity contribution in [3.63, 3.8) is 0 Å². The van der Waals surface area contributed by atoms with Gasteiger partial charge in [0.2, 0.25) is 0 Å². The second-order valence-electron chi connectivity index (χ2n) is 6.51. The lowest BCUT2D eigenvalue weighted by atomic mass is 9.88. The Balaban J connectivity index is 1.61. The van der Waals surface area contributed by atoms with Crippen LogP contribution in [-0.4, -0.2) is 60.8 Å². The van der Waals surface area contributed by atoms with E-state index >= 15 is 0 Å². The summed E-state index contributed by atoms with van der Waals surface area (Å²) < 4.78 is 0. The summed E-state index contributed by atoms with van der Waals surface area (Å²) in [7, 11) is 2.23. The van der Waals surface area contributed by atoms with Gasteiger partial charge in [0.1, 0.15) is 0 Å². The molecule has 1 saturated carbocycles. The fraction of sp³-hybridized carbons (Fsp3) is 0.933. The van der Waals surface area contributed by atoms with Gasteiger partial charge in [-0.15, -0.1) is 0 Å². The van der Waals surface area contributed by atoms with Gasteiger partial charge in [0.15, 0.2) is 0 Å². The fourth-order valence-electron chi connectivity index (χ4n) is 3.42. The van der Waals surface area contributed by atoms with Gasteiger partial charge in [0.25, 0.3) is 0 Å². The molecule has 2 fully saturated rings. The standard InChI is InChI=1S/C15H29N3O2/c1-18(13-6-3-2-4-7-13)9-5-8-17-15(10-14(19)20)11-16-12-15/h13,16-17H,2-12H2,1H3,(H,19,20). The van der Waals surface area contributed by atoms with Crippen molar-refractivity contribution in [1.82, 2.24) is 15.5 Å². The fourth-order valence-corrected chi connectivity index (χ4v) is 3.42. The maximum Gasteiger partial charge on any atom is 0.305 e. The summed E-state index contributed by atoms with van der Waals surface area (Å²) in [4.78, 5) is 13.4. The van der Waals surface area contributed by atoms with Crippen molar-refractivity contribution in [2.75, 3.05) is 33.2 Å². The highest BCUT2D eigenvalue weighted by atomic mass is 16.4. The third-order valence-corrected chi connectivity index (χ3v) is 4.80. The smallest absolute Gasteiger partial charge is 0.305 e. The van der Waals surface area contributed by atoms with Crippen LogP contribution in [0.2, 0.25) is 0 Å². The number of nitrogens with one attached hydrogen (secondary N) is 2. The van der Waals surface area contributed by atoms with Crippen molar-refractivity contribution in [1.29, 1.82) is 0 Å². The molecule has 0 spiro atoms. The molecule has 0 aromatic carbocycles. The number of aliphatic carboxylic acids is 1. The Labute approximate surface area is 122 Å². The van der Waals surface area contributed by atoms with E-state index in [0.29, 0.717) is 0 Å². The van der Waals surface area contributed by atoms with Crippen LogP contribution < -0.4 is 10.6 Å². The van der Waals surface area contributed by atoms with E-state index in [0.717, 1.165) is 38.6 Å². The molecule has 0 amide bonds. The molecule has 20 heavy (non-hydrogen) atoms. The van der Waals surface area contributed by atoms with E-state index in [1.807, 2.05) is 0 Å². The van der Waals surface area contributed by atoms with E-state index in [9.17, 15) is 4.79 Å². The molecular weight excluding hydrogens is 254 g/mol. The molecule has 1 aliphatic carbocycles. The Morgan fingerprint density at radius 1 is 1.35 bits per heavy atom. The average Bonchev–Trinajstić information content (AvgIpc) is 2.40. The van der Waals surface area contributed by atoms with Crippen molar-refractivity contribution in [3.05, 3.63) is 0 Å². The number of carboxylic acids is 1. The summed E-state index contributed by atoms with van der Waals surface area (Å²) in [6, 6.07) is 0.766. The zero-order valence-electron chi connectivity index (χ0n) is 12.7. The summed E-state index contributed by atoms with van der Waals surface area (Å²) in [5.41, 5.74) is -0.199. The third-order valence-electron chi connectivity index (χ3n) is 4.80. The summed E-state index contributed by atoms with van der Waals surface area (Å²) in [5.74, 6) is -0.710. The van der Waals surface area contributed by atoms with Crippen LogP contribution >= 0.6 is 0 Å². The Hall–Kier alpha value is -0.650. The zero-order chi connectivity index (χ0) is 14.4. The molecular formula is C15H29N3O2. The second kappa shape index (κ2) is 7.38.